The molecule has 3 amide bonds. The van der Waals surface area contributed by atoms with Gasteiger partial charge in [-0.1, -0.05) is 0 Å². The molecule has 1 spiro atoms. The number of thiazole rings is 1. The van der Waals surface area contributed by atoms with Crippen molar-refractivity contribution in [2.24, 2.45) is 0 Å². The number of aromatic nitrogens is 2. The Kier molecular flexibility index (Phi) is 4.95. The van der Waals surface area contributed by atoms with E-state index in [-0.39, 0.29) is 24.1 Å². The lowest BCUT2D eigenvalue weighted by molar-refractivity contribution is -0.137. The van der Waals surface area contributed by atoms with Crippen LogP contribution in [-0.4, -0.2) is 50.8 Å². The van der Waals surface area contributed by atoms with Crippen molar-refractivity contribution in [3.63, 3.8) is 0 Å². The largest absolute Gasteiger partial charge is 0.347 e. The van der Waals surface area contributed by atoms with Gasteiger partial charge in [-0.15, -0.1) is 11.3 Å². The van der Waals surface area contributed by atoms with Crippen LogP contribution < -0.4 is 16.0 Å². The molecule has 9 nitrogen and oxygen atoms in total. The van der Waals surface area contributed by atoms with Crippen LogP contribution in [0.5, 0.6) is 0 Å². The van der Waals surface area contributed by atoms with Crippen molar-refractivity contribution in [3.8, 4) is 0 Å². The van der Waals surface area contributed by atoms with E-state index in [1.54, 1.807) is 36.4 Å². The predicted octanol–water partition coefficient (Wildman–Crippen LogP) is 1.74. The summed E-state index contributed by atoms with van der Waals surface area (Å²) < 4.78 is 0. The number of aryl methyl sites for hydroxylation is 1. The molecule has 0 radical (unpaired) electrons. The second kappa shape index (κ2) is 7.43. The van der Waals surface area contributed by atoms with E-state index in [2.05, 4.69) is 25.9 Å². The average Bonchev–Trinajstić information content (AvgIpc) is 3.04. The van der Waals surface area contributed by atoms with E-state index in [4.69, 9.17) is 0 Å². The molecular weight excluding hydrogens is 392 g/mol. The highest BCUT2D eigenvalue weighted by Crippen LogP contribution is 2.31. The molecule has 1 fully saturated rings. The lowest BCUT2D eigenvalue weighted by Gasteiger charge is -2.39. The lowest BCUT2D eigenvalue weighted by atomic mass is 9.97. The van der Waals surface area contributed by atoms with Gasteiger partial charge in [-0.2, -0.15) is 0 Å². The van der Waals surface area contributed by atoms with Crippen LogP contribution in [0.3, 0.4) is 0 Å². The number of rotatable bonds is 3. The van der Waals surface area contributed by atoms with Gasteiger partial charge in [-0.25, -0.2) is 9.97 Å². The van der Waals surface area contributed by atoms with Gasteiger partial charge in [0.2, 0.25) is 11.8 Å². The first kappa shape index (κ1) is 19.3. The van der Waals surface area contributed by atoms with E-state index < -0.39 is 11.7 Å². The van der Waals surface area contributed by atoms with E-state index in [1.165, 1.54) is 11.3 Å². The quantitative estimate of drug-likeness (QED) is 0.704. The van der Waals surface area contributed by atoms with Gasteiger partial charge in [0.25, 0.3) is 5.91 Å². The molecular formula is C19H22N6O3S. The van der Waals surface area contributed by atoms with E-state index in [9.17, 15) is 14.4 Å². The van der Waals surface area contributed by atoms with E-state index in [1.807, 2.05) is 6.92 Å². The number of nitrogens with zero attached hydrogens (tertiary/aromatic N) is 3. The number of likely N-dealkylation sites (tertiary alicyclic amines) is 1. The normalized spacial score (nSPS) is 22.3. The molecule has 2 aromatic heterocycles. The summed E-state index contributed by atoms with van der Waals surface area (Å²) in [6.07, 6.45) is 4.41. The summed E-state index contributed by atoms with van der Waals surface area (Å²) in [6.45, 7) is 3.95. The molecule has 2 aliphatic rings. The standard InChI is InChI=1S/C19H22N6O3S/c1-11-10-21-18(29-11)22-16(27)12(2)25-9-7-19(6-5-14(25)26)23-15-13(17(28)24-19)4-3-8-20-15/h3-4,8,10,12H,5-7,9H2,1-2H3,(H,20,23)(H,24,28)(H,21,22,27)/t12-,19+/m1/s1. The van der Waals surface area contributed by atoms with Crippen LogP contribution in [0.2, 0.25) is 0 Å². The smallest absolute Gasteiger partial charge is 0.256 e. The Hall–Kier alpha value is -3.01. The first-order valence-corrected chi connectivity index (χ1v) is 10.3. The summed E-state index contributed by atoms with van der Waals surface area (Å²) >= 11 is 1.39. The number of hydrogen-bond acceptors (Lipinski definition) is 7. The van der Waals surface area contributed by atoms with Gasteiger partial charge < -0.3 is 20.9 Å². The minimum Gasteiger partial charge on any atom is -0.347 e. The summed E-state index contributed by atoms with van der Waals surface area (Å²) in [5.41, 5.74) is -0.275. The first-order chi connectivity index (χ1) is 13.9. The highest BCUT2D eigenvalue weighted by atomic mass is 32.1. The third-order valence-corrected chi connectivity index (χ3v) is 6.15. The second-order valence-corrected chi connectivity index (χ2v) is 8.57. The summed E-state index contributed by atoms with van der Waals surface area (Å²) in [6, 6.07) is 2.77. The van der Waals surface area contributed by atoms with Crippen molar-refractivity contribution in [1.82, 2.24) is 20.2 Å². The van der Waals surface area contributed by atoms with E-state index in [0.29, 0.717) is 35.9 Å². The Bertz CT molecular complexity index is 976. The fraction of sp³-hybridized carbons (Fsp3) is 0.421. The molecule has 4 heterocycles. The van der Waals surface area contributed by atoms with E-state index >= 15 is 0 Å². The highest BCUT2D eigenvalue weighted by molar-refractivity contribution is 7.15. The summed E-state index contributed by atoms with van der Waals surface area (Å²) in [5.74, 6) is -0.0984. The van der Waals surface area contributed by atoms with Crippen molar-refractivity contribution in [3.05, 3.63) is 35.0 Å². The minimum atomic E-state index is -0.758. The molecule has 2 aromatic rings. The Morgan fingerprint density at radius 2 is 2.14 bits per heavy atom. The number of nitrogens with one attached hydrogen (secondary N) is 3. The van der Waals surface area contributed by atoms with Crippen molar-refractivity contribution < 1.29 is 14.4 Å². The fourth-order valence-electron chi connectivity index (χ4n) is 3.68. The average molecular weight is 414 g/mol. The molecule has 4 rings (SSSR count). The topological polar surface area (TPSA) is 116 Å². The van der Waals surface area contributed by atoms with Crippen molar-refractivity contribution in [2.45, 2.75) is 44.8 Å². The number of amides is 3. The maximum Gasteiger partial charge on any atom is 0.256 e. The van der Waals surface area contributed by atoms with Crippen LogP contribution in [0.4, 0.5) is 10.9 Å². The van der Waals surface area contributed by atoms with Gasteiger partial charge >= 0.3 is 0 Å². The number of anilines is 2. The molecule has 0 bridgehead atoms. The number of carbonyl (C=O) groups is 3. The van der Waals surface area contributed by atoms with Gasteiger partial charge in [0.05, 0.1) is 5.56 Å². The zero-order valence-corrected chi connectivity index (χ0v) is 17.0. The van der Waals surface area contributed by atoms with Crippen LogP contribution in [0, 0.1) is 6.92 Å². The zero-order chi connectivity index (χ0) is 20.6. The van der Waals surface area contributed by atoms with Gasteiger partial charge in [0, 0.05) is 36.7 Å². The molecule has 0 aromatic carbocycles. The lowest BCUT2D eigenvalue weighted by Crippen LogP contribution is -2.58. The Labute approximate surface area is 171 Å². The number of carbonyl (C=O) groups excluding carboxylic acids is 3. The molecule has 0 saturated carbocycles. The Morgan fingerprint density at radius 3 is 2.90 bits per heavy atom. The third-order valence-electron chi connectivity index (χ3n) is 5.33. The summed E-state index contributed by atoms with van der Waals surface area (Å²) in [7, 11) is 0. The summed E-state index contributed by atoms with van der Waals surface area (Å²) in [4.78, 5) is 48.9. The Balaban J connectivity index is 1.48. The fourth-order valence-corrected chi connectivity index (χ4v) is 4.35. The molecule has 1 saturated heterocycles. The number of hydrogen-bond donors (Lipinski definition) is 3. The molecule has 10 heteroatoms. The molecule has 2 atom stereocenters. The van der Waals surface area contributed by atoms with Crippen LogP contribution in [-0.2, 0) is 9.59 Å². The summed E-state index contributed by atoms with van der Waals surface area (Å²) in [5, 5.41) is 9.59. The maximum absolute atomic E-state index is 12.7. The maximum atomic E-state index is 12.7. The molecule has 3 N–H and O–H groups in total. The monoisotopic (exact) mass is 414 g/mol. The van der Waals surface area contributed by atoms with Crippen LogP contribution >= 0.6 is 11.3 Å². The van der Waals surface area contributed by atoms with Crippen LogP contribution in [0.15, 0.2) is 24.5 Å². The first-order valence-electron chi connectivity index (χ1n) is 9.45. The van der Waals surface area contributed by atoms with Crippen molar-refractivity contribution in [1.29, 1.82) is 0 Å². The van der Waals surface area contributed by atoms with E-state index in [0.717, 1.165) is 4.88 Å². The third kappa shape index (κ3) is 3.80. The number of fused-ring (bicyclic) bond motifs is 1. The van der Waals surface area contributed by atoms with Gasteiger partial charge in [-0.05, 0) is 32.4 Å². The Morgan fingerprint density at radius 1 is 1.31 bits per heavy atom. The predicted molar refractivity (Wildman–Crippen MR) is 109 cm³/mol. The van der Waals surface area contributed by atoms with Gasteiger partial charge in [0.1, 0.15) is 17.5 Å². The van der Waals surface area contributed by atoms with Gasteiger partial charge in [0.15, 0.2) is 5.13 Å². The minimum absolute atomic E-state index is 0.122. The van der Waals surface area contributed by atoms with Gasteiger partial charge in [-0.3, -0.25) is 14.4 Å². The molecule has 0 unspecified atom stereocenters. The SMILES string of the molecule is Cc1cnc(NC(=O)[C@@H](C)N2CC[C@]3(CCC2=O)NC(=O)c2cccnc2N3)s1. The second-order valence-electron chi connectivity index (χ2n) is 7.34. The highest BCUT2D eigenvalue weighted by Gasteiger charge is 2.42. The van der Waals surface area contributed by atoms with Crippen LogP contribution in [0.1, 0.15) is 41.4 Å². The van der Waals surface area contributed by atoms with Crippen LogP contribution in [0.25, 0.3) is 0 Å². The molecule has 29 heavy (non-hydrogen) atoms. The van der Waals surface area contributed by atoms with Crippen molar-refractivity contribution >= 4 is 40.0 Å². The molecule has 0 aliphatic carbocycles. The molecule has 152 valence electrons. The zero-order valence-electron chi connectivity index (χ0n) is 16.2. The molecule has 2 aliphatic heterocycles. The number of pyridine rings is 1. The van der Waals surface area contributed by atoms with Crippen molar-refractivity contribution in [2.75, 3.05) is 17.2 Å².